The topological polar surface area (TPSA) is 0 Å². The van der Waals surface area contributed by atoms with Crippen LogP contribution in [0.15, 0.2) is 0 Å². The second-order valence-corrected chi connectivity index (χ2v) is 7.27. The third kappa shape index (κ3) is 41.3. The van der Waals surface area contributed by atoms with Crippen molar-refractivity contribution in [1.82, 2.24) is 0 Å². The van der Waals surface area contributed by atoms with Crippen molar-refractivity contribution in [2.45, 2.75) is 4.03 Å². The molecule has 1 unspecified atom stereocenters. The van der Waals surface area contributed by atoms with Gasteiger partial charge in [-0.2, -0.15) is 0 Å². The van der Waals surface area contributed by atoms with Crippen LogP contribution in [-0.4, -0.2) is 34.8 Å². The van der Waals surface area contributed by atoms with Crippen molar-refractivity contribution in [2.24, 2.45) is 0 Å². The van der Waals surface area contributed by atoms with Gasteiger partial charge >= 0.3 is 0 Å². The molecule has 0 aromatic heterocycles. The van der Waals surface area contributed by atoms with E-state index in [9.17, 15) is 0 Å². The molecule has 0 aromatic rings. The van der Waals surface area contributed by atoms with Crippen molar-refractivity contribution in [3.63, 3.8) is 0 Å². The van der Waals surface area contributed by atoms with E-state index in [2.05, 4.69) is 40.0 Å². The van der Waals surface area contributed by atoms with Crippen molar-refractivity contribution in [1.29, 1.82) is 0 Å². The van der Waals surface area contributed by atoms with Gasteiger partial charge in [0.25, 0.3) is 0 Å². The standard InChI is InChI=1S/CH2PSi3/c2-1(3,4)5/h2H2. The molecule has 23 valence electrons. The van der Waals surface area contributed by atoms with Crippen LogP contribution in [0.3, 0.4) is 0 Å². The highest BCUT2D eigenvalue weighted by Gasteiger charge is 1.97. The molecule has 0 saturated heterocycles. The summed E-state index contributed by atoms with van der Waals surface area (Å²) in [5, 5.41) is 0. The van der Waals surface area contributed by atoms with Crippen LogP contribution in [-0.2, 0) is 0 Å². The van der Waals surface area contributed by atoms with E-state index in [1.165, 1.54) is 0 Å². The fraction of sp³-hybridized carbons (Fsp3) is 1.00. The van der Waals surface area contributed by atoms with Crippen LogP contribution in [0.2, 0.25) is 0 Å². The van der Waals surface area contributed by atoms with Gasteiger partial charge in [0.15, 0.2) is 0 Å². The maximum atomic E-state index is 3.21. The summed E-state index contributed by atoms with van der Waals surface area (Å²) in [6, 6.07) is 0. The Morgan fingerprint density at radius 1 is 1.20 bits per heavy atom. The van der Waals surface area contributed by atoms with E-state index >= 15 is 0 Å². The normalized spacial score (nSPS) is 12.0. The SMILES string of the molecule is [Si]C([Si])([Si])P. The highest BCUT2D eigenvalue weighted by molar-refractivity contribution is 7.30. The highest BCUT2D eigenvalue weighted by Crippen LogP contribution is 1.97. The Kier molecular flexibility index (Phi) is 2.05. The Labute approximate surface area is 44.6 Å². The zero-order valence-electron chi connectivity index (χ0n) is 2.58. The molecular formula is CH2PSi3. The van der Waals surface area contributed by atoms with Crippen LogP contribution in [0.25, 0.3) is 0 Å². The average Bonchev–Trinajstić information content (AvgIpc) is 0.722. The monoisotopic (exact) mass is 129 g/mol. The smallest absolute Gasteiger partial charge is 0.0268 e. The lowest BCUT2D eigenvalue weighted by molar-refractivity contribution is 1.78. The summed E-state index contributed by atoms with van der Waals surface area (Å²) in [7, 11) is 12.1. The van der Waals surface area contributed by atoms with Crippen molar-refractivity contribution in [3.05, 3.63) is 0 Å². The van der Waals surface area contributed by atoms with Gasteiger partial charge < -0.3 is 0 Å². The van der Waals surface area contributed by atoms with Crippen LogP contribution >= 0.6 is 9.24 Å². The molecular weight excluding hydrogens is 127 g/mol. The van der Waals surface area contributed by atoms with Gasteiger partial charge in [0, 0.05) is 30.7 Å². The van der Waals surface area contributed by atoms with Gasteiger partial charge in [0.1, 0.15) is 0 Å². The predicted octanol–water partition coefficient (Wildman–Crippen LogP) is -1.02. The third-order valence-electron chi connectivity index (χ3n) is 0. The minimum absolute atomic E-state index is 0.167. The Morgan fingerprint density at radius 2 is 1.20 bits per heavy atom. The van der Waals surface area contributed by atoms with Gasteiger partial charge in [-0.15, -0.1) is 9.24 Å². The molecule has 0 heterocycles. The van der Waals surface area contributed by atoms with E-state index in [0.29, 0.717) is 0 Å². The van der Waals surface area contributed by atoms with Crippen LogP contribution in [0.1, 0.15) is 0 Å². The third-order valence-corrected chi connectivity index (χ3v) is 0. The van der Waals surface area contributed by atoms with Crippen LogP contribution in [0, 0.1) is 0 Å². The summed E-state index contributed by atoms with van der Waals surface area (Å²) in [6.45, 7) is 0. The first kappa shape index (κ1) is 6.08. The molecule has 0 aliphatic rings. The Balaban J connectivity index is 3.02. The van der Waals surface area contributed by atoms with E-state index in [-0.39, 0.29) is 4.03 Å². The van der Waals surface area contributed by atoms with Crippen LogP contribution in [0.4, 0.5) is 0 Å². The molecule has 4 heteroatoms. The molecule has 1 atom stereocenters. The van der Waals surface area contributed by atoms with E-state index < -0.39 is 0 Å². The first-order valence-electron chi connectivity index (χ1n) is 1.04. The fourth-order valence-electron chi connectivity index (χ4n) is 0. The Bertz CT molecular complexity index is 22.4. The van der Waals surface area contributed by atoms with Crippen molar-refractivity contribution in [3.8, 4) is 0 Å². The number of rotatable bonds is 0. The predicted molar refractivity (Wildman–Crippen MR) is 29.7 cm³/mol. The van der Waals surface area contributed by atoms with Gasteiger partial charge in [-0.05, 0) is 4.03 Å². The van der Waals surface area contributed by atoms with Crippen molar-refractivity contribution < 1.29 is 0 Å². The first-order chi connectivity index (χ1) is 2.00. The lowest BCUT2D eigenvalue weighted by atomic mass is 11.8. The Hall–Kier alpha value is 1.08. The van der Waals surface area contributed by atoms with E-state index in [1.807, 2.05) is 0 Å². The lowest BCUT2D eigenvalue weighted by Gasteiger charge is -2.03. The molecule has 0 spiro atoms. The molecule has 0 amide bonds. The molecule has 0 nitrogen and oxygen atoms in total. The van der Waals surface area contributed by atoms with E-state index in [0.717, 1.165) is 0 Å². The quantitative estimate of drug-likeness (QED) is 0.290. The number of hydrogen-bond acceptors (Lipinski definition) is 0. The second kappa shape index (κ2) is 1.69. The second-order valence-electron chi connectivity index (χ2n) is 0.808. The number of hydrogen-bond donors (Lipinski definition) is 0. The molecule has 0 saturated carbocycles. The highest BCUT2D eigenvalue weighted by atomic mass is 31.0. The molecule has 0 fully saturated rings. The molecule has 0 aliphatic carbocycles. The van der Waals surface area contributed by atoms with Gasteiger partial charge in [-0.3, -0.25) is 0 Å². The van der Waals surface area contributed by atoms with Crippen molar-refractivity contribution in [2.75, 3.05) is 0 Å². The maximum Gasteiger partial charge on any atom is 0.0268 e. The van der Waals surface area contributed by atoms with Gasteiger partial charge in [-0.25, -0.2) is 0 Å². The molecule has 0 bridgehead atoms. The van der Waals surface area contributed by atoms with Crippen LogP contribution < -0.4 is 0 Å². The Morgan fingerprint density at radius 3 is 1.20 bits per heavy atom. The summed E-state index contributed by atoms with van der Waals surface area (Å²) in [6.07, 6.45) is 0. The molecule has 0 N–H and O–H groups in total. The molecule has 0 rings (SSSR count). The molecule has 0 aliphatic heterocycles. The first-order valence-corrected chi connectivity index (χ1v) is 3.12. The summed E-state index contributed by atoms with van der Waals surface area (Å²) in [5.41, 5.74) is 0. The van der Waals surface area contributed by atoms with Gasteiger partial charge in [0.05, 0.1) is 0 Å². The minimum Gasteiger partial charge on any atom is -0.142 e. The molecule has 5 heavy (non-hydrogen) atoms. The average molecular weight is 129 g/mol. The zero-order valence-corrected chi connectivity index (χ0v) is 6.73. The van der Waals surface area contributed by atoms with E-state index in [1.54, 1.807) is 0 Å². The summed E-state index contributed by atoms with van der Waals surface area (Å²) >= 11 is 0. The largest absolute Gasteiger partial charge is 0.142 e. The summed E-state index contributed by atoms with van der Waals surface area (Å²) in [4.78, 5) is 0. The van der Waals surface area contributed by atoms with Crippen LogP contribution in [0.5, 0.6) is 0 Å². The van der Waals surface area contributed by atoms with E-state index in [4.69, 9.17) is 0 Å². The molecule has 0 aromatic carbocycles. The molecule has 9 radical (unpaired) electrons. The summed E-state index contributed by atoms with van der Waals surface area (Å²) < 4.78 is -0.167. The minimum atomic E-state index is -0.167. The van der Waals surface area contributed by atoms with Gasteiger partial charge in [0.2, 0.25) is 0 Å². The lowest BCUT2D eigenvalue weighted by Crippen LogP contribution is -2.19. The fourth-order valence-corrected chi connectivity index (χ4v) is 0. The summed E-state index contributed by atoms with van der Waals surface area (Å²) in [5.74, 6) is 0. The maximum absolute atomic E-state index is 3.21. The van der Waals surface area contributed by atoms with Crippen molar-refractivity contribution >= 4 is 40.0 Å². The zero-order chi connectivity index (χ0) is 4.50. The van der Waals surface area contributed by atoms with Gasteiger partial charge in [-0.1, -0.05) is 0 Å².